The predicted octanol–water partition coefficient (Wildman–Crippen LogP) is 3.33. The van der Waals surface area contributed by atoms with E-state index >= 15 is 0 Å². The smallest absolute Gasteiger partial charge is 0.227 e. The average molecular weight is 409 g/mol. The molecule has 0 saturated carbocycles. The van der Waals surface area contributed by atoms with Crippen molar-refractivity contribution >= 4 is 29.1 Å². The minimum absolute atomic E-state index is 0.0827. The van der Waals surface area contributed by atoms with Crippen LogP contribution >= 0.6 is 11.6 Å². The first-order valence-corrected chi connectivity index (χ1v) is 9.79. The Balaban J connectivity index is 1.54. The maximum atomic E-state index is 13.1. The van der Waals surface area contributed by atoms with Gasteiger partial charge >= 0.3 is 0 Å². The molecule has 1 saturated heterocycles. The van der Waals surface area contributed by atoms with Crippen LogP contribution in [0.3, 0.4) is 0 Å². The molecule has 0 radical (unpaired) electrons. The van der Waals surface area contributed by atoms with Gasteiger partial charge in [-0.2, -0.15) is 0 Å². The van der Waals surface area contributed by atoms with Crippen molar-refractivity contribution in [1.82, 2.24) is 14.9 Å². The molecule has 6 nitrogen and oxygen atoms in total. The number of rotatable bonds is 5. The number of amides is 2. The van der Waals surface area contributed by atoms with Gasteiger partial charge in [0.25, 0.3) is 0 Å². The number of aryl methyl sites for hydroxylation is 1. The van der Waals surface area contributed by atoms with Gasteiger partial charge in [-0.1, -0.05) is 48.0 Å². The standard InChI is InChI=1S/C22H21ClN4O2/c1-26-11-10-24-21(26)20(15-6-3-2-4-7-15)25-22(29)16-12-19(28)27(14-16)18-9-5-8-17(23)13-18/h2-11,13,16,20H,12,14H2,1H3,(H,25,29). The van der Waals surface area contributed by atoms with E-state index in [2.05, 4.69) is 10.3 Å². The Hall–Kier alpha value is -3.12. The summed E-state index contributed by atoms with van der Waals surface area (Å²) in [5, 5.41) is 3.65. The minimum atomic E-state index is -0.437. The molecule has 2 unspecified atom stereocenters. The zero-order valence-corrected chi connectivity index (χ0v) is 16.7. The third-order valence-corrected chi connectivity index (χ3v) is 5.39. The third-order valence-electron chi connectivity index (χ3n) is 5.15. The highest BCUT2D eigenvalue weighted by Crippen LogP contribution is 2.28. The second-order valence-corrected chi connectivity index (χ2v) is 7.57. The molecular formula is C22H21ClN4O2. The van der Waals surface area contributed by atoms with Crippen LogP contribution in [0.2, 0.25) is 5.02 Å². The summed E-state index contributed by atoms with van der Waals surface area (Å²) >= 11 is 6.05. The number of imidazole rings is 1. The van der Waals surface area contributed by atoms with E-state index < -0.39 is 5.92 Å². The number of aromatic nitrogens is 2. The van der Waals surface area contributed by atoms with Crippen LogP contribution in [0.1, 0.15) is 23.9 Å². The molecule has 1 aliphatic rings. The lowest BCUT2D eigenvalue weighted by atomic mass is 10.0. The monoisotopic (exact) mass is 408 g/mol. The molecule has 2 amide bonds. The summed E-state index contributed by atoms with van der Waals surface area (Å²) in [5.41, 5.74) is 1.65. The zero-order valence-electron chi connectivity index (χ0n) is 16.0. The first-order valence-electron chi connectivity index (χ1n) is 9.41. The lowest BCUT2D eigenvalue weighted by Gasteiger charge is -2.21. The van der Waals surface area contributed by atoms with E-state index in [0.29, 0.717) is 17.3 Å². The van der Waals surface area contributed by atoms with Crippen LogP contribution in [-0.4, -0.2) is 27.9 Å². The van der Waals surface area contributed by atoms with E-state index in [4.69, 9.17) is 11.6 Å². The van der Waals surface area contributed by atoms with Crippen molar-refractivity contribution in [3.05, 3.63) is 83.4 Å². The van der Waals surface area contributed by atoms with Gasteiger partial charge in [0.2, 0.25) is 11.8 Å². The molecule has 29 heavy (non-hydrogen) atoms. The number of hydrogen-bond acceptors (Lipinski definition) is 3. The summed E-state index contributed by atoms with van der Waals surface area (Å²) in [6.45, 7) is 0.326. The Kier molecular flexibility index (Phi) is 5.36. The van der Waals surface area contributed by atoms with Crippen molar-refractivity contribution in [2.24, 2.45) is 13.0 Å². The van der Waals surface area contributed by atoms with Crippen LogP contribution < -0.4 is 10.2 Å². The summed E-state index contributed by atoms with van der Waals surface area (Å²) in [5.74, 6) is 0.0499. The van der Waals surface area contributed by atoms with Gasteiger partial charge in [0.05, 0.1) is 5.92 Å². The number of benzene rings is 2. The summed E-state index contributed by atoms with van der Waals surface area (Å²) < 4.78 is 1.88. The Bertz CT molecular complexity index is 1030. The molecule has 7 heteroatoms. The van der Waals surface area contributed by atoms with Crippen molar-refractivity contribution in [3.8, 4) is 0 Å². The van der Waals surface area contributed by atoms with Crippen LogP contribution in [-0.2, 0) is 16.6 Å². The molecule has 3 aromatic rings. The second kappa shape index (κ2) is 8.09. The van der Waals surface area contributed by atoms with E-state index in [0.717, 1.165) is 11.4 Å². The average Bonchev–Trinajstić information content (AvgIpc) is 3.32. The van der Waals surface area contributed by atoms with Crippen molar-refractivity contribution in [3.63, 3.8) is 0 Å². The molecule has 2 atom stereocenters. The number of nitrogens with one attached hydrogen (secondary N) is 1. The molecule has 0 spiro atoms. The SMILES string of the molecule is Cn1ccnc1C(NC(=O)C1CC(=O)N(c2cccc(Cl)c2)C1)c1ccccc1. The summed E-state index contributed by atoms with van der Waals surface area (Å²) in [6, 6.07) is 16.4. The van der Waals surface area contributed by atoms with Crippen molar-refractivity contribution in [1.29, 1.82) is 0 Å². The summed E-state index contributed by atoms with van der Waals surface area (Å²) in [6.07, 6.45) is 3.72. The second-order valence-electron chi connectivity index (χ2n) is 7.13. The lowest BCUT2D eigenvalue weighted by molar-refractivity contribution is -0.126. The predicted molar refractivity (Wildman–Crippen MR) is 112 cm³/mol. The zero-order chi connectivity index (χ0) is 20.4. The van der Waals surface area contributed by atoms with E-state index in [-0.39, 0.29) is 24.3 Å². The van der Waals surface area contributed by atoms with Crippen LogP contribution in [0.15, 0.2) is 67.0 Å². The highest BCUT2D eigenvalue weighted by molar-refractivity contribution is 6.31. The van der Waals surface area contributed by atoms with Gasteiger partial charge in [-0.15, -0.1) is 0 Å². The maximum Gasteiger partial charge on any atom is 0.227 e. The number of carbonyl (C=O) groups excluding carboxylic acids is 2. The highest BCUT2D eigenvalue weighted by atomic mass is 35.5. The number of anilines is 1. The molecule has 1 aliphatic heterocycles. The van der Waals surface area contributed by atoms with Crippen molar-refractivity contribution in [2.75, 3.05) is 11.4 Å². The molecule has 1 fully saturated rings. The Morgan fingerprint density at radius 3 is 2.69 bits per heavy atom. The fraction of sp³-hybridized carbons (Fsp3) is 0.227. The van der Waals surface area contributed by atoms with Gasteiger partial charge in [-0.05, 0) is 23.8 Å². The number of nitrogens with zero attached hydrogens (tertiary/aromatic N) is 3. The number of carbonyl (C=O) groups is 2. The van der Waals surface area contributed by atoms with Crippen LogP contribution in [0.4, 0.5) is 5.69 Å². The molecule has 4 rings (SSSR count). The molecule has 0 bridgehead atoms. The van der Waals surface area contributed by atoms with Gasteiger partial charge in [0.15, 0.2) is 0 Å². The molecular weight excluding hydrogens is 388 g/mol. The van der Waals surface area contributed by atoms with Crippen LogP contribution in [0.5, 0.6) is 0 Å². The summed E-state index contributed by atoms with van der Waals surface area (Å²) in [7, 11) is 1.89. The molecule has 2 heterocycles. The topological polar surface area (TPSA) is 67.2 Å². The fourth-order valence-electron chi connectivity index (χ4n) is 3.63. The lowest BCUT2D eigenvalue weighted by Crippen LogP contribution is -2.37. The molecule has 1 N–H and O–H groups in total. The van der Waals surface area contributed by atoms with Gasteiger partial charge in [-0.3, -0.25) is 9.59 Å². The quantitative estimate of drug-likeness (QED) is 0.704. The van der Waals surface area contributed by atoms with Gasteiger partial charge in [0, 0.05) is 43.1 Å². The third kappa shape index (κ3) is 4.03. The van der Waals surface area contributed by atoms with Crippen molar-refractivity contribution in [2.45, 2.75) is 12.5 Å². The fourth-order valence-corrected chi connectivity index (χ4v) is 3.82. The van der Waals surface area contributed by atoms with E-state index in [1.807, 2.05) is 54.2 Å². The van der Waals surface area contributed by atoms with E-state index in [9.17, 15) is 9.59 Å². The Labute approximate surface area is 174 Å². The van der Waals surface area contributed by atoms with E-state index in [1.54, 1.807) is 29.3 Å². The number of hydrogen-bond donors (Lipinski definition) is 1. The van der Waals surface area contributed by atoms with Gasteiger partial charge in [-0.25, -0.2) is 4.98 Å². The highest BCUT2D eigenvalue weighted by Gasteiger charge is 2.36. The number of halogens is 1. The van der Waals surface area contributed by atoms with E-state index in [1.165, 1.54) is 0 Å². The molecule has 2 aromatic carbocycles. The maximum absolute atomic E-state index is 13.1. The Morgan fingerprint density at radius 2 is 2.00 bits per heavy atom. The molecule has 1 aromatic heterocycles. The van der Waals surface area contributed by atoms with Crippen molar-refractivity contribution < 1.29 is 9.59 Å². The summed E-state index contributed by atoms with van der Waals surface area (Å²) in [4.78, 5) is 31.6. The van der Waals surface area contributed by atoms with Crippen LogP contribution in [0, 0.1) is 5.92 Å². The molecule has 0 aliphatic carbocycles. The molecule has 148 valence electrons. The first-order chi connectivity index (χ1) is 14.0. The normalized spacial score (nSPS) is 17.4. The van der Waals surface area contributed by atoms with Crippen LogP contribution in [0.25, 0.3) is 0 Å². The van der Waals surface area contributed by atoms with Gasteiger partial charge in [0.1, 0.15) is 11.9 Å². The first kappa shape index (κ1) is 19.2. The van der Waals surface area contributed by atoms with Gasteiger partial charge < -0.3 is 14.8 Å². The largest absolute Gasteiger partial charge is 0.342 e. The minimum Gasteiger partial charge on any atom is -0.342 e. The Morgan fingerprint density at radius 1 is 1.21 bits per heavy atom.